The molecule has 3 heteroatoms. The van der Waals surface area contributed by atoms with Gasteiger partial charge in [0.2, 0.25) is 0 Å². The van der Waals surface area contributed by atoms with Crippen LogP contribution in [-0.2, 0) is 21.7 Å². The van der Waals surface area contributed by atoms with E-state index in [0.29, 0.717) is 0 Å². The minimum absolute atomic E-state index is 0.0997. The largest absolute Gasteiger partial charge is 0.311 e. The number of benzene rings is 6. The van der Waals surface area contributed by atoms with Gasteiger partial charge in [-0.15, -0.1) is 0 Å². The highest BCUT2D eigenvalue weighted by molar-refractivity contribution is 7.99. The average molecular weight is 745 g/mol. The van der Waals surface area contributed by atoms with Crippen LogP contribution in [0, 0.1) is 0 Å². The topological polar surface area (TPSA) is 6.48 Å². The van der Waals surface area contributed by atoms with Gasteiger partial charge in [-0.1, -0.05) is 143 Å². The Labute approximate surface area is 336 Å². The van der Waals surface area contributed by atoms with Crippen molar-refractivity contribution >= 4 is 45.9 Å². The first kappa shape index (κ1) is 39.9. The maximum Gasteiger partial charge on any atom is 0.0462 e. The third kappa shape index (κ3) is 9.57. The van der Waals surface area contributed by atoms with Crippen molar-refractivity contribution in [2.24, 2.45) is 0 Å². The standard InChI is InChI=1S/C52H60N2S/c1-49(2,3)37-13-21-41(22-14-37)53(42-23-15-38(16-24-42)50(4,5)6)45-29-33-47(34-30-45)55-48-35-31-46(32-36-48)54(43-25-17-39(18-26-43)51(7,8)9)44-27-19-40(20-28-44)52(10,11)12/h13-36H,1-12H3. The smallest absolute Gasteiger partial charge is 0.0462 e. The molecule has 2 nitrogen and oxygen atoms in total. The molecule has 0 unspecified atom stereocenters. The van der Waals surface area contributed by atoms with E-state index in [1.54, 1.807) is 11.8 Å². The Balaban J connectivity index is 1.27. The van der Waals surface area contributed by atoms with Crippen molar-refractivity contribution in [2.45, 2.75) is 115 Å². The summed E-state index contributed by atoms with van der Waals surface area (Å²) in [5.41, 5.74) is 12.6. The Morgan fingerprint density at radius 3 is 0.582 bits per heavy atom. The van der Waals surface area contributed by atoms with Crippen molar-refractivity contribution in [3.05, 3.63) is 168 Å². The molecule has 0 aliphatic carbocycles. The summed E-state index contributed by atoms with van der Waals surface area (Å²) in [5, 5.41) is 0. The highest BCUT2D eigenvalue weighted by Gasteiger charge is 2.21. The molecule has 0 amide bonds. The van der Waals surface area contributed by atoms with E-state index >= 15 is 0 Å². The minimum Gasteiger partial charge on any atom is -0.311 e. The Morgan fingerprint density at radius 1 is 0.255 bits per heavy atom. The van der Waals surface area contributed by atoms with Gasteiger partial charge in [0.05, 0.1) is 0 Å². The lowest BCUT2D eigenvalue weighted by Crippen LogP contribution is -2.14. The van der Waals surface area contributed by atoms with Gasteiger partial charge in [-0.2, -0.15) is 0 Å². The quantitative estimate of drug-likeness (QED) is 0.153. The predicted octanol–water partition coefficient (Wildman–Crippen LogP) is 16.0. The van der Waals surface area contributed by atoms with Gasteiger partial charge >= 0.3 is 0 Å². The number of hydrogen-bond acceptors (Lipinski definition) is 3. The predicted molar refractivity (Wildman–Crippen MR) is 241 cm³/mol. The van der Waals surface area contributed by atoms with E-state index in [0.717, 1.165) is 34.1 Å². The van der Waals surface area contributed by atoms with Crippen molar-refractivity contribution < 1.29 is 0 Å². The second kappa shape index (κ2) is 15.4. The molecule has 0 aliphatic heterocycles. The van der Waals surface area contributed by atoms with Crippen LogP contribution in [0.2, 0.25) is 0 Å². The Bertz CT molecular complexity index is 1880. The first-order valence-electron chi connectivity index (χ1n) is 19.7. The normalized spacial score (nSPS) is 12.4. The van der Waals surface area contributed by atoms with Crippen molar-refractivity contribution in [3.8, 4) is 0 Å². The van der Waals surface area contributed by atoms with E-state index < -0.39 is 0 Å². The lowest BCUT2D eigenvalue weighted by Gasteiger charge is -2.28. The molecular formula is C52H60N2S. The molecule has 6 rings (SSSR count). The van der Waals surface area contributed by atoms with Crippen LogP contribution in [0.25, 0.3) is 0 Å². The molecule has 0 heterocycles. The van der Waals surface area contributed by atoms with Crippen molar-refractivity contribution in [1.82, 2.24) is 0 Å². The third-order valence-electron chi connectivity index (χ3n) is 10.4. The summed E-state index contributed by atoms with van der Waals surface area (Å²) in [7, 11) is 0. The molecule has 0 aromatic heterocycles. The van der Waals surface area contributed by atoms with Crippen LogP contribution in [0.4, 0.5) is 34.1 Å². The monoisotopic (exact) mass is 744 g/mol. The fourth-order valence-electron chi connectivity index (χ4n) is 6.80. The van der Waals surface area contributed by atoms with Gasteiger partial charge in [0.25, 0.3) is 0 Å². The van der Waals surface area contributed by atoms with Gasteiger partial charge < -0.3 is 9.80 Å². The van der Waals surface area contributed by atoms with Crippen LogP contribution >= 0.6 is 11.8 Å². The van der Waals surface area contributed by atoms with E-state index in [1.165, 1.54) is 32.0 Å². The zero-order valence-electron chi connectivity index (χ0n) is 35.2. The second-order valence-corrected chi connectivity index (χ2v) is 20.1. The van der Waals surface area contributed by atoms with Crippen LogP contribution in [0.15, 0.2) is 155 Å². The first-order valence-corrected chi connectivity index (χ1v) is 20.5. The molecule has 0 saturated heterocycles. The highest BCUT2D eigenvalue weighted by Crippen LogP contribution is 2.41. The van der Waals surface area contributed by atoms with Gasteiger partial charge in [-0.25, -0.2) is 0 Å². The van der Waals surface area contributed by atoms with Gasteiger partial charge in [-0.05, 0) is 141 Å². The summed E-state index contributed by atoms with van der Waals surface area (Å²) < 4.78 is 0. The molecule has 0 saturated carbocycles. The molecule has 284 valence electrons. The van der Waals surface area contributed by atoms with E-state index in [9.17, 15) is 0 Å². The van der Waals surface area contributed by atoms with Crippen molar-refractivity contribution in [2.75, 3.05) is 9.80 Å². The lowest BCUT2D eigenvalue weighted by atomic mass is 9.86. The van der Waals surface area contributed by atoms with Gasteiger partial charge in [0.1, 0.15) is 0 Å². The molecule has 0 bridgehead atoms. The fraction of sp³-hybridized carbons (Fsp3) is 0.308. The molecule has 0 atom stereocenters. The number of rotatable bonds is 8. The van der Waals surface area contributed by atoms with E-state index in [-0.39, 0.29) is 21.7 Å². The molecular weight excluding hydrogens is 685 g/mol. The van der Waals surface area contributed by atoms with Gasteiger partial charge in [-0.3, -0.25) is 0 Å². The molecule has 55 heavy (non-hydrogen) atoms. The molecule has 0 spiro atoms. The van der Waals surface area contributed by atoms with E-state index in [2.05, 4.69) is 238 Å². The number of hydrogen-bond donors (Lipinski definition) is 0. The zero-order valence-corrected chi connectivity index (χ0v) is 36.0. The highest BCUT2D eigenvalue weighted by atomic mass is 32.2. The molecule has 0 aliphatic rings. The maximum atomic E-state index is 2.36. The lowest BCUT2D eigenvalue weighted by molar-refractivity contribution is 0.590. The van der Waals surface area contributed by atoms with Gasteiger partial charge in [0, 0.05) is 43.9 Å². The SMILES string of the molecule is CC(C)(C)c1ccc(N(c2ccc(Sc3ccc(N(c4ccc(C(C)(C)C)cc4)c4ccc(C(C)(C)C)cc4)cc3)cc2)c2ccc(C(C)(C)C)cc2)cc1. The van der Waals surface area contributed by atoms with Gasteiger partial charge in [0.15, 0.2) is 0 Å². The summed E-state index contributed by atoms with van der Waals surface area (Å²) in [6.45, 7) is 27.2. The van der Waals surface area contributed by atoms with Crippen molar-refractivity contribution in [1.29, 1.82) is 0 Å². The van der Waals surface area contributed by atoms with Crippen LogP contribution in [0.5, 0.6) is 0 Å². The van der Waals surface area contributed by atoms with Crippen LogP contribution in [0.3, 0.4) is 0 Å². The fourth-order valence-corrected chi connectivity index (χ4v) is 7.62. The Kier molecular flexibility index (Phi) is 11.2. The van der Waals surface area contributed by atoms with Crippen LogP contribution < -0.4 is 9.80 Å². The summed E-state index contributed by atoms with van der Waals surface area (Å²) in [6, 6.07) is 54.1. The van der Waals surface area contributed by atoms with Crippen molar-refractivity contribution in [3.63, 3.8) is 0 Å². The average Bonchev–Trinajstić information content (AvgIpc) is 3.13. The number of anilines is 6. The van der Waals surface area contributed by atoms with E-state index in [4.69, 9.17) is 0 Å². The van der Waals surface area contributed by atoms with E-state index in [1.807, 2.05) is 0 Å². The summed E-state index contributed by atoms with van der Waals surface area (Å²) in [4.78, 5) is 7.13. The molecule has 0 fully saturated rings. The Morgan fingerprint density at radius 2 is 0.418 bits per heavy atom. The second-order valence-electron chi connectivity index (χ2n) is 18.9. The minimum atomic E-state index is 0.0997. The summed E-state index contributed by atoms with van der Waals surface area (Å²) in [6.07, 6.45) is 0. The Hall–Kier alpha value is -4.73. The molecule has 0 radical (unpaired) electrons. The maximum absolute atomic E-state index is 2.36. The molecule has 6 aromatic carbocycles. The summed E-state index contributed by atoms with van der Waals surface area (Å²) >= 11 is 1.79. The first-order chi connectivity index (χ1) is 25.8. The zero-order chi connectivity index (χ0) is 39.8. The molecule has 0 N–H and O–H groups in total. The van der Waals surface area contributed by atoms with Crippen LogP contribution in [0.1, 0.15) is 105 Å². The summed E-state index contributed by atoms with van der Waals surface area (Å²) in [5.74, 6) is 0. The third-order valence-corrected chi connectivity index (χ3v) is 11.4. The van der Waals surface area contributed by atoms with Crippen LogP contribution in [-0.4, -0.2) is 0 Å². The number of nitrogens with zero attached hydrogens (tertiary/aromatic N) is 2. The molecule has 6 aromatic rings.